The fourth-order valence-electron chi connectivity index (χ4n) is 3.31. The lowest BCUT2D eigenvalue weighted by atomic mass is 10.0. The van der Waals surface area contributed by atoms with Gasteiger partial charge in [-0.1, -0.05) is 24.3 Å². The molecule has 0 amide bonds. The first-order valence-corrected chi connectivity index (χ1v) is 9.00. The molecule has 0 saturated carbocycles. The van der Waals surface area contributed by atoms with Crippen LogP contribution in [-0.4, -0.2) is 15.9 Å². The van der Waals surface area contributed by atoms with E-state index < -0.39 is 5.66 Å². The van der Waals surface area contributed by atoms with Crippen LogP contribution in [0.2, 0.25) is 0 Å². The first-order valence-electron chi connectivity index (χ1n) is 9.00. The number of nitrogens with zero attached hydrogens (tertiary/aromatic N) is 3. The smallest absolute Gasteiger partial charge is 0.202 e. The molecule has 3 heterocycles. The highest BCUT2D eigenvalue weighted by Gasteiger charge is 2.27. The van der Waals surface area contributed by atoms with Gasteiger partial charge in [-0.25, -0.2) is 4.99 Å². The fourth-order valence-corrected chi connectivity index (χ4v) is 3.31. The number of para-hydroxylation sites is 1. The van der Waals surface area contributed by atoms with Gasteiger partial charge in [0.25, 0.3) is 0 Å². The van der Waals surface area contributed by atoms with Crippen LogP contribution in [0.1, 0.15) is 5.56 Å². The minimum Gasteiger partial charge on any atom is -0.333 e. The highest BCUT2D eigenvalue weighted by atomic mass is 15.2. The quantitative estimate of drug-likeness (QED) is 0.505. The highest BCUT2D eigenvalue weighted by Crippen LogP contribution is 2.26. The predicted octanol–water partition coefficient (Wildman–Crippen LogP) is 3.48. The molecule has 4 N–H and O–H groups in total. The maximum absolute atomic E-state index is 6.60. The molecule has 0 spiro atoms. The molecule has 1 aliphatic rings. The average Bonchev–Trinajstić information content (AvgIpc) is 2.73. The molecule has 1 unspecified atom stereocenters. The Morgan fingerprint density at radius 1 is 0.893 bits per heavy atom. The molecule has 0 saturated heterocycles. The Kier molecular flexibility index (Phi) is 3.77. The van der Waals surface area contributed by atoms with Gasteiger partial charge in [0.05, 0.1) is 11.0 Å². The number of benzene rings is 2. The second-order valence-electron chi connectivity index (χ2n) is 6.72. The molecule has 4 aromatic rings. The van der Waals surface area contributed by atoms with Crippen LogP contribution in [0, 0.1) is 0 Å². The lowest BCUT2D eigenvalue weighted by molar-refractivity contribution is 0.581. The minimum atomic E-state index is -0.997. The zero-order chi connectivity index (χ0) is 19.0. The van der Waals surface area contributed by atoms with E-state index >= 15 is 0 Å². The third-order valence-corrected chi connectivity index (χ3v) is 4.77. The summed E-state index contributed by atoms with van der Waals surface area (Å²) in [6.45, 7) is 0. The van der Waals surface area contributed by atoms with Gasteiger partial charge in [-0.2, -0.15) is 0 Å². The van der Waals surface area contributed by atoms with Gasteiger partial charge >= 0.3 is 0 Å². The van der Waals surface area contributed by atoms with E-state index in [0.717, 1.165) is 33.1 Å². The van der Waals surface area contributed by atoms with Crippen molar-refractivity contribution in [3.8, 4) is 0 Å². The van der Waals surface area contributed by atoms with Crippen LogP contribution in [0.3, 0.4) is 0 Å². The van der Waals surface area contributed by atoms with Crippen molar-refractivity contribution in [1.29, 1.82) is 0 Å². The fraction of sp³-hybridized carbons (Fsp3) is 0.0455. The maximum Gasteiger partial charge on any atom is 0.202 e. The van der Waals surface area contributed by atoms with Gasteiger partial charge in [0.2, 0.25) is 5.96 Å². The number of hydrogen-bond donors (Lipinski definition) is 3. The lowest BCUT2D eigenvalue weighted by Crippen LogP contribution is -2.41. The third kappa shape index (κ3) is 2.95. The van der Waals surface area contributed by atoms with Gasteiger partial charge in [0.1, 0.15) is 0 Å². The first kappa shape index (κ1) is 16.4. The zero-order valence-corrected chi connectivity index (χ0v) is 15.0. The van der Waals surface area contributed by atoms with Gasteiger partial charge in [0.15, 0.2) is 5.66 Å². The number of fused-ring (bicyclic) bond motifs is 2. The molecule has 5 rings (SSSR count). The Balaban J connectivity index is 1.48. The predicted molar refractivity (Wildman–Crippen MR) is 113 cm³/mol. The maximum atomic E-state index is 6.60. The molecular weight excluding hydrogens is 348 g/mol. The van der Waals surface area contributed by atoms with E-state index in [1.54, 1.807) is 18.6 Å². The summed E-state index contributed by atoms with van der Waals surface area (Å²) in [5, 5.41) is 8.50. The normalized spacial score (nSPS) is 18.7. The van der Waals surface area contributed by atoms with Crippen LogP contribution < -0.4 is 16.4 Å². The van der Waals surface area contributed by atoms with E-state index in [1.165, 1.54) is 0 Å². The molecule has 0 radical (unpaired) electrons. The second-order valence-corrected chi connectivity index (χ2v) is 6.72. The van der Waals surface area contributed by atoms with Crippen LogP contribution in [0.5, 0.6) is 0 Å². The summed E-state index contributed by atoms with van der Waals surface area (Å²) in [5.41, 5.74) is 9.21. The van der Waals surface area contributed by atoms with E-state index in [0.29, 0.717) is 5.96 Å². The number of guanidine groups is 1. The van der Waals surface area contributed by atoms with Crippen LogP contribution in [0.15, 0.2) is 90.3 Å². The number of nitrogens with one attached hydrogen (secondary N) is 2. The molecule has 28 heavy (non-hydrogen) atoms. The second kappa shape index (κ2) is 6.44. The number of nitrogens with two attached hydrogens (primary N) is 1. The van der Waals surface area contributed by atoms with Crippen molar-refractivity contribution in [2.45, 2.75) is 5.66 Å². The van der Waals surface area contributed by atoms with Gasteiger partial charge in [-0.15, -0.1) is 0 Å². The van der Waals surface area contributed by atoms with Crippen LogP contribution in [0.25, 0.3) is 21.8 Å². The standard InChI is InChI=1S/C22H18N6/c23-22(17-12-15-4-1-2-6-19(15)26-14-17)9-11-25-21(28-22)27-18-7-8-20-16(13-18)5-3-10-24-20/h1-14H,23H2,(H2,25,27,28). The van der Waals surface area contributed by atoms with Crippen LogP contribution in [-0.2, 0) is 5.66 Å². The number of aliphatic imine (C=N–C) groups is 1. The van der Waals surface area contributed by atoms with E-state index in [-0.39, 0.29) is 0 Å². The van der Waals surface area contributed by atoms with Crippen LogP contribution >= 0.6 is 0 Å². The largest absolute Gasteiger partial charge is 0.333 e. The van der Waals surface area contributed by atoms with Gasteiger partial charge in [-0.05, 0) is 42.5 Å². The summed E-state index contributed by atoms with van der Waals surface area (Å²) >= 11 is 0. The monoisotopic (exact) mass is 366 g/mol. The minimum absolute atomic E-state index is 0.571. The molecule has 6 heteroatoms. The van der Waals surface area contributed by atoms with E-state index in [2.05, 4.69) is 20.6 Å². The Morgan fingerprint density at radius 3 is 2.68 bits per heavy atom. The Hall–Kier alpha value is -3.77. The van der Waals surface area contributed by atoms with Crippen molar-refractivity contribution >= 4 is 33.5 Å². The zero-order valence-electron chi connectivity index (χ0n) is 15.0. The average molecular weight is 366 g/mol. The molecule has 0 fully saturated rings. The number of pyridine rings is 2. The molecule has 1 atom stereocenters. The van der Waals surface area contributed by atoms with Crippen molar-refractivity contribution in [2.24, 2.45) is 10.7 Å². The summed E-state index contributed by atoms with van der Waals surface area (Å²) in [6, 6.07) is 19.9. The van der Waals surface area contributed by atoms with Crippen molar-refractivity contribution in [3.63, 3.8) is 0 Å². The van der Waals surface area contributed by atoms with E-state index in [4.69, 9.17) is 10.7 Å². The highest BCUT2D eigenvalue weighted by molar-refractivity contribution is 5.97. The number of aromatic nitrogens is 2. The van der Waals surface area contributed by atoms with Crippen molar-refractivity contribution < 1.29 is 0 Å². The first-order chi connectivity index (χ1) is 13.7. The summed E-state index contributed by atoms with van der Waals surface area (Å²) < 4.78 is 0. The van der Waals surface area contributed by atoms with E-state index in [9.17, 15) is 0 Å². The van der Waals surface area contributed by atoms with Gasteiger partial charge < -0.3 is 10.6 Å². The number of rotatable bonds is 2. The molecule has 2 aromatic carbocycles. The molecule has 0 aliphatic carbocycles. The van der Waals surface area contributed by atoms with Crippen molar-refractivity contribution in [1.82, 2.24) is 15.3 Å². The summed E-state index contributed by atoms with van der Waals surface area (Å²) in [7, 11) is 0. The molecule has 6 nitrogen and oxygen atoms in total. The Bertz CT molecular complexity index is 1250. The van der Waals surface area contributed by atoms with Crippen molar-refractivity contribution in [3.05, 3.63) is 90.9 Å². The summed E-state index contributed by atoms with van der Waals surface area (Å²) in [6.07, 6.45) is 7.19. The van der Waals surface area contributed by atoms with Gasteiger partial charge in [-0.3, -0.25) is 15.7 Å². The topological polar surface area (TPSA) is 88.2 Å². The molecule has 0 bridgehead atoms. The Morgan fingerprint density at radius 2 is 1.71 bits per heavy atom. The molecular formula is C22H18N6. The molecule has 2 aromatic heterocycles. The van der Waals surface area contributed by atoms with Crippen molar-refractivity contribution in [2.75, 3.05) is 5.32 Å². The number of hydrogen-bond acceptors (Lipinski definition) is 6. The SMILES string of the molecule is NC1(c2cnc3ccccc3c2)C=CNC(Nc2ccc3ncccc3c2)=N1. The van der Waals surface area contributed by atoms with Crippen LogP contribution in [0.4, 0.5) is 5.69 Å². The Labute approximate surface area is 161 Å². The van der Waals surface area contributed by atoms with Gasteiger partial charge in [0, 0.05) is 40.6 Å². The number of anilines is 1. The lowest BCUT2D eigenvalue weighted by Gasteiger charge is -2.27. The third-order valence-electron chi connectivity index (χ3n) is 4.77. The summed E-state index contributed by atoms with van der Waals surface area (Å²) in [4.78, 5) is 13.6. The van der Waals surface area contributed by atoms with E-state index in [1.807, 2.05) is 66.7 Å². The molecule has 136 valence electrons. The summed E-state index contributed by atoms with van der Waals surface area (Å²) in [5.74, 6) is 0.571. The molecule has 1 aliphatic heterocycles.